The van der Waals surface area contributed by atoms with Crippen molar-refractivity contribution in [2.24, 2.45) is 11.7 Å². The van der Waals surface area contributed by atoms with Gasteiger partial charge in [0.15, 0.2) is 0 Å². The summed E-state index contributed by atoms with van der Waals surface area (Å²) in [6, 6.07) is 0.452. The highest BCUT2D eigenvalue weighted by molar-refractivity contribution is 5.79. The third-order valence-corrected chi connectivity index (χ3v) is 2.93. The van der Waals surface area contributed by atoms with Gasteiger partial charge in [-0.2, -0.15) is 0 Å². The molecule has 0 aromatic carbocycles. The molecule has 1 unspecified atom stereocenters. The number of ether oxygens (including phenoxy) is 1. The van der Waals surface area contributed by atoms with Crippen LogP contribution in [0.1, 0.15) is 26.2 Å². The van der Waals surface area contributed by atoms with Gasteiger partial charge >= 0.3 is 0 Å². The van der Waals surface area contributed by atoms with E-state index in [1.807, 2.05) is 11.8 Å². The van der Waals surface area contributed by atoms with E-state index in [1.165, 1.54) is 0 Å². The van der Waals surface area contributed by atoms with Crippen LogP contribution < -0.4 is 5.73 Å². The molecule has 0 aromatic heterocycles. The molecule has 1 aliphatic carbocycles. The minimum Gasteiger partial charge on any atom is -0.383 e. The summed E-state index contributed by atoms with van der Waals surface area (Å²) in [6.45, 7) is 3.78. The number of carbonyl (C=O) groups is 1. The van der Waals surface area contributed by atoms with E-state index in [0.717, 1.165) is 19.3 Å². The molecule has 1 fully saturated rings. The number of methoxy groups -OCH3 is 1. The molecule has 1 amide bonds. The Morgan fingerprint density at radius 2 is 2.27 bits per heavy atom. The van der Waals surface area contributed by atoms with Gasteiger partial charge in [0.2, 0.25) is 5.91 Å². The predicted octanol–water partition coefficient (Wildman–Crippen LogP) is 0.609. The second kappa shape index (κ2) is 6.08. The zero-order valence-corrected chi connectivity index (χ0v) is 9.74. The summed E-state index contributed by atoms with van der Waals surface area (Å²) >= 11 is 0. The Labute approximate surface area is 91.8 Å². The highest BCUT2D eigenvalue weighted by Crippen LogP contribution is 2.28. The molecule has 1 saturated carbocycles. The third-order valence-electron chi connectivity index (χ3n) is 2.93. The number of hydrogen-bond donors (Lipinski definition) is 1. The van der Waals surface area contributed by atoms with Crippen molar-refractivity contribution in [1.82, 2.24) is 4.90 Å². The van der Waals surface area contributed by atoms with Crippen molar-refractivity contribution in [3.8, 4) is 0 Å². The van der Waals surface area contributed by atoms with Gasteiger partial charge in [-0.1, -0.05) is 6.92 Å². The van der Waals surface area contributed by atoms with Crippen molar-refractivity contribution in [2.75, 3.05) is 26.8 Å². The summed E-state index contributed by atoms with van der Waals surface area (Å²) in [4.78, 5) is 14.0. The molecule has 88 valence electrons. The molecule has 0 aromatic rings. The van der Waals surface area contributed by atoms with Gasteiger partial charge < -0.3 is 15.4 Å². The first-order valence-corrected chi connectivity index (χ1v) is 5.74. The van der Waals surface area contributed by atoms with Crippen molar-refractivity contribution in [2.45, 2.75) is 32.2 Å². The predicted molar refractivity (Wildman–Crippen MR) is 59.4 cm³/mol. The van der Waals surface area contributed by atoms with Crippen LogP contribution in [0.25, 0.3) is 0 Å². The molecule has 1 atom stereocenters. The van der Waals surface area contributed by atoms with E-state index in [4.69, 9.17) is 10.5 Å². The van der Waals surface area contributed by atoms with Gasteiger partial charge in [-0.05, 0) is 19.3 Å². The normalized spacial score (nSPS) is 17.5. The Kier molecular flexibility index (Phi) is 5.05. The fraction of sp³-hybridized carbons (Fsp3) is 0.909. The second-order valence-corrected chi connectivity index (χ2v) is 4.10. The Bertz CT molecular complexity index is 201. The van der Waals surface area contributed by atoms with Crippen LogP contribution in [0.15, 0.2) is 0 Å². The van der Waals surface area contributed by atoms with Crippen LogP contribution in [0.3, 0.4) is 0 Å². The molecule has 0 bridgehead atoms. The monoisotopic (exact) mass is 214 g/mol. The zero-order valence-electron chi connectivity index (χ0n) is 9.74. The molecule has 4 heteroatoms. The lowest BCUT2D eigenvalue weighted by molar-refractivity contribution is -0.136. The summed E-state index contributed by atoms with van der Waals surface area (Å²) in [5, 5.41) is 0. The summed E-state index contributed by atoms with van der Waals surface area (Å²) in [5.41, 5.74) is 5.59. The second-order valence-electron chi connectivity index (χ2n) is 4.10. The Hall–Kier alpha value is -0.610. The standard InChI is InChI=1S/C11H22N2O2/c1-3-9(8-12)11(14)13(6-7-15-2)10-4-5-10/h9-10H,3-8,12H2,1-2H3. The van der Waals surface area contributed by atoms with Crippen molar-refractivity contribution in [3.05, 3.63) is 0 Å². The maximum Gasteiger partial charge on any atom is 0.227 e. The van der Waals surface area contributed by atoms with Crippen molar-refractivity contribution in [1.29, 1.82) is 0 Å². The molecule has 0 saturated heterocycles. The topological polar surface area (TPSA) is 55.6 Å². The van der Waals surface area contributed by atoms with Crippen molar-refractivity contribution in [3.63, 3.8) is 0 Å². The number of amides is 1. The first kappa shape index (κ1) is 12.5. The summed E-state index contributed by atoms with van der Waals surface area (Å²) in [5.74, 6) is 0.196. The Morgan fingerprint density at radius 3 is 2.67 bits per heavy atom. The van der Waals surface area contributed by atoms with E-state index >= 15 is 0 Å². The summed E-state index contributed by atoms with van der Waals surface area (Å²) in [7, 11) is 1.66. The molecule has 0 radical (unpaired) electrons. The van der Waals surface area contributed by atoms with Crippen LogP contribution in [0.5, 0.6) is 0 Å². The molecule has 2 N–H and O–H groups in total. The van der Waals surface area contributed by atoms with E-state index in [9.17, 15) is 4.79 Å². The van der Waals surface area contributed by atoms with Gasteiger partial charge in [-0.15, -0.1) is 0 Å². The van der Waals surface area contributed by atoms with E-state index in [2.05, 4.69) is 0 Å². The van der Waals surface area contributed by atoms with Crippen LogP contribution in [-0.2, 0) is 9.53 Å². The number of carbonyl (C=O) groups excluding carboxylic acids is 1. The van der Waals surface area contributed by atoms with E-state index in [0.29, 0.717) is 25.7 Å². The maximum atomic E-state index is 12.1. The molecular weight excluding hydrogens is 192 g/mol. The lowest BCUT2D eigenvalue weighted by atomic mass is 10.1. The number of nitrogens with zero attached hydrogens (tertiary/aromatic N) is 1. The van der Waals surface area contributed by atoms with E-state index < -0.39 is 0 Å². The SMILES string of the molecule is CCC(CN)C(=O)N(CCOC)C1CC1. The minimum absolute atomic E-state index is 0.0116. The van der Waals surface area contributed by atoms with Gasteiger partial charge in [0, 0.05) is 26.2 Å². The largest absolute Gasteiger partial charge is 0.383 e. The number of hydrogen-bond acceptors (Lipinski definition) is 3. The van der Waals surface area contributed by atoms with Gasteiger partial charge in [-0.3, -0.25) is 4.79 Å². The highest BCUT2D eigenvalue weighted by Gasteiger charge is 2.34. The smallest absolute Gasteiger partial charge is 0.227 e. The molecule has 1 aliphatic rings. The minimum atomic E-state index is -0.0116. The molecular formula is C11H22N2O2. The highest BCUT2D eigenvalue weighted by atomic mass is 16.5. The molecule has 15 heavy (non-hydrogen) atoms. The number of nitrogens with two attached hydrogens (primary N) is 1. The van der Waals surface area contributed by atoms with Gasteiger partial charge in [0.05, 0.1) is 12.5 Å². The van der Waals surface area contributed by atoms with E-state index in [1.54, 1.807) is 7.11 Å². The maximum absolute atomic E-state index is 12.1. The van der Waals surface area contributed by atoms with Crippen LogP contribution in [0.2, 0.25) is 0 Å². The van der Waals surface area contributed by atoms with Crippen LogP contribution in [0.4, 0.5) is 0 Å². The average molecular weight is 214 g/mol. The van der Waals surface area contributed by atoms with Gasteiger partial charge in [0.1, 0.15) is 0 Å². The van der Waals surface area contributed by atoms with Crippen molar-refractivity contribution >= 4 is 5.91 Å². The van der Waals surface area contributed by atoms with E-state index in [-0.39, 0.29) is 11.8 Å². The summed E-state index contributed by atoms with van der Waals surface area (Å²) in [6.07, 6.45) is 3.10. The van der Waals surface area contributed by atoms with Gasteiger partial charge in [-0.25, -0.2) is 0 Å². The molecule has 4 nitrogen and oxygen atoms in total. The van der Waals surface area contributed by atoms with Crippen LogP contribution in [-0.4, -0.2) is 43.7 Å². The quantitative estimate of drug-likeness (QED) is 0.675. The van der Waals surface area contributed by atoms with Gasteiger partial charge in [0.25, 0.3) is 0 Å². The molecule has 0 aliphatic heterocycles. The fourth-order valence-corrected chi connectivity index (χ4v) is 1.73. The van der Waals surface area contributed by atoms with Crippen molar-refractivity contribution < 1.29 is 9.53 Å². The summed E-state index contributed by atoms with van der Waals surface area (Å²) < 4.78 is 5.02. The average Bonchev–Trinajstić information content (AvgIpc) is 3.04. The fourth-order valence-electron chi connectivity index (χ4n) is 1.73. The molecule has 1 rings (SSSR count). The molecule has 0 spiro atoms. The molecule has 0 heterocycles. The first-order chi connectivity index (χ1) is 7.24. The Balaban J connectivity index is 2.49. The Morgan fingerprint density at radius 1 is 1.60 bits per heavy atom. The lowest BCUT2D eigenvalue weighted by Crippen LogP contribution is -2.42. The van der Waals surface area contributed by atoms with Crippen LogP contribution in [0, 0.1) is 5.92 Å². The number of rotatable bonds is 7. The third kappa shape index (κ3) is 3.47. The van der Waals surface area contributed by atoms with Crippen LogP contribution >= 0.6 is 0 Å². The zero-order chi connectivity index (χ0) is 11.3. The lowest BCUT2D eigenvalue weighted by Gasteiger charge is -2.26. The first-order valence-electron chi connectivity index (χ1n) is 5.74.